The molecule has 69 heavy (non-hydrogen) atoms. The van der Waals surface area contributed by atoms with Gasteiger partial charge < -0.3 is 14.6 Å². The molecule has 0 heterocycles. The van der Waals surface area contributed by atoms with E-state index in [-0.39, 0.29) is 25.2 Å². The van der Waals surface area contributed by atoms with Gasteiger partial charge in [-0.1, -0.05) is 244 Å². The molecule has 0 saturated heterocycles. The standard InChI is InChI=1S/C64H104O5/c1-3-5-7-9-11-13-15-17-19-20-21-22-23-24-25-26-27-28-29-30-31-32-33-34-35-36-37-38-39-40-41-42-43-44-45-47-49-51-53-55-57-59-64(67)69-62(60-65)61-68-63(66)58-56-54-52-50-48-46-18-16-14-12-10-8-6-4-2/h5,7,11,13,16-19,21-22,24-25,27-28,30-31,33-34,36-37,39-40,62,65H,3-4,6,8-10,12,14-15,20,23,26,29,32,35,38,41-61H2,1-2H3/b7-5-,13-11-,18-16-,19-17-,22-21-,25-24-,28-27-,31-30-,34-33-,37-36-,40-39-. The molecule has 0 aliphatic rings. The first kappa shape index (κ1) is 65.0. The highest BCUT2D eigenvalue weighted by atomic mass is 16.6. The van der Waals surface area contributed by atoms with Crippen molar-refractivity contribution >= 4 is 11.9 Å². The van der Waals surface area contributed by atoms with E-state index in [1.807, 2.05) is 0 Å². The summed E-state index contributed by atoms with van der Waals surface area (Å²) < 4.78 is 10.7. The molecule has 0 spiro atoms. The van der Waals surface area contributed by atoms with E-state index in [0.29, 0.717) is 12.8 Å². The van der Waals surface area contributed by atoms with E-state index < -0.39 is 6.10 Å². The van der Waals surface area contributed by atoms with Crippen molar-refractivity contribution in [2.45, 2.75) is 245 Å². The molecule has 390 valence electrons. The number of unbranched alkanes of at least 4 members (excludes halogenated alkanes) is 20. The molecule has 0 aliphatic carbocycles. The lowest BCUT2D eigenvalue weighted by atomic mass is 10.0. The Balaban J connectivity index is 3.59. The van der Waals surface area contributed by atoms with Gasteiger partial charge in [-0.15, -0.1) is 0 Å². The van der Waals surface area contributed by atoms with Crippen LogP contribution in [0.1, 0.15) is 239 Å². The van der Waals surface area contributed by atoms with Crippen molar-refractivity contribution in [3.63, 3.8) is 0 Å². The molecule has 1 unspecified atom stereocenters. The molecule has 5 heteroatoms. The lowest BCUT2D eigenvalue weighted by Gasteiger charge is -2.15. The van der Waals surface area contributed by atoms with Crippen LogP contribution in [-0.2, 0) is 19.1 Å². The molecule has 0 radical (unpaired) electrons. The van der Waals surface area contributed by atoms with Gasteiger partial charge in [0.15, 0.2) is 6.10 Å². The monoisotopic (exact) mass is 953 g/mol. The Labute approximate surface area is 425 Å². The average Bonchev–Trinajstić information content (AvgIpc) is 3.35. The summed E-state index contributed by atoms with van der Waals surface area (Å²) in [4.78, 5) is 24.4. The van der Waals surface area contributed by atoms with Crippen molar-refractivity contribution < 1.29 is 24.2 Å². The van der Waals surface area contributed by atoms with Crippen LogP contribution in [0.25, 0.3) is 0 Å². The van der Waals surface area contributed by atoms with Gasteiger partial charge in [0.25, 0.3) is 0 Å². The lowest BCUT2D eigenvalue weighted by Crippen LogP contribution is -2.28. The minimum Gasteiger partial charge on any atom is -0.462 e. The number of allylic oxidation sites excluding steroid dienone is 22. The molecule has 0 rings (SSSR count). The van der Waals surface area contributed by atoms with Crippen molar-refractivity contribution in [3.8, 4) is 0 Å². The van der Waals surface area contributed by atoms with Crippen LogP contribution in [0.5, 0.6) is 0 Å². The van der Waals surface area contributed by atoms with Gasteiger partial charge in [-0.05, 0) is 116 Å². The molecule has 0 aromatic heterocycles. The molecule has 0 aliphatic heterocycles. The van der Waals surface area contributed by atoms with Crippen LogP contribution in [0, 0.1) is 0 Å². The first-order valence-corrected chi connectivity index (χ1v) is 28.2. The summed E-state index contributed by atoms with van der Waals surface area (Å²) in [6.45, 7) is 4.00. The van der Waals surface area contributed by atoms with Gasteiger partial charge in [-0.3, -0.25) is 9.59 Å². The number of carbonyl (C=O) groups excluding carboxylic acids is 2. The number of aliphatic hydroxyl groups is 1. The summed E-state index contributed by atoms with van der Waals surface area (Å²) in [6, 6.07) is 0. The van der Waals surface area contributed by atoms with Crippen molar-refractivity contribution in [1.29, 1.82) is 0 Å². The zero-order valence-corrected chi connectivity index (χ0v) is 44.5. The Morgan fingerprint density at radius 3 is 0.957 bits per heavy atom. The molecule has 0 aromatic carbocycles. The SMILES string of the molecule is CC/C=C\C/C=C\C/C=C\C/C=C\C/C=C\C/C=C\C/C=C\C/C=C\C/C=C\C/C=C\CCCCCCCCCCCCC(=O)OC(CO)COC(=O)CCCCCCC/C=C\CCCCCCC. The number of rotatable bonds is 50. The quantitative estimate of drug-likeness (QED) is 0.0374. The molecular formula is C64H104O5. The van der Waals surface area contributed by atoms with Gasteiger partial charge in [0.05, 0.1) is 6.61 Å². The van der Waals surface area contributed by atoms with E-state index in [1.54, 1.807) is 0 Å². The summed E-state index contributed by atoms with van der Waals surface area (Å²) in [6.07, 6.45) is 87.1. The Morgan fingerprint density at radius 1 is 0.348 bits per heavy atom. The van der Waals surface area contributed by atoms with Gasteiger partial charge >= 0.3 is 11.9 Å². The van der Waals surface area contributed by atoms with Gasteiger partial charge in [0.2, 0.25) is 0 Å². The largest absolute Gasteiger partial charge is 0.462 e. The van der Waals surface area contributed by atoms with Crippen LogP contribution >= 0.6 is 0 Å². The second-order valence-corrected chi connectivity index (χ2v) is 18.3. The third-order valence-electron chi connectivity index (χ3n) is 11.7. The number of esters is 2. The highest BCUT2D eigenvalue weighted by Crippen LogP contribution is 2.14. The van der Waals surface area contributed by atoms with E-state index >= 15 is 0 Å². The van der Waals surface area contributed by atoms with Crippen LogP contribution in [0.15, 0.2) is 134 Å². The molecule has 0 saturated carbocycles. The number of ether oxygens (including phenoxy) is 2. The van der Waals surface area contributed by atoms with E-state index in [4.69, 9.17) is 9.47 Å². The maximum absolute atomic E-state index is 12.3. The lowest BCUT2D eigenvalue weighted by molar-refractivity contribution is -0.161. The van der Waals surface area contributed by atoms with Gasteiger partial charge in [0, 0.05) is 12.8 Å². The zero-order valence-electron chi connectivity index (χ0n) is 44.5. The van der Waals surface area contributed by atoms with E-state index in [9.17, 15) is 14.7 Å². The van der Waals surface area contributed by atoms with Crippen LogP contribution in [-0.4, -0.2) is 36.4 Å². The maximum Gasteiger partial charge on any atom is 0.306 e. The molecule has 5 nitrogen and oxygen atoms in total. The summed E-state index contributed by atoms with van der Waals surface area (Å²) in [7, 11) is 0. The Hall–Kier alpha value is -3.96. The molecule has 0 bridgehead atoms. The van der Waals surface area contributed by atoms with Gasteiger partial charge in [-0.2, -0.15) is 0 Å². The molecule has 0 amide bonds. The van der Waals surface area contributed by atoms with Crippen LogP contribution < -0.4 is 0 Å². The third-order valence-corrected chi connectivity index (χ3v) is 11.7. The first-order chi connectivity index (χ1) is 34.1. The fourth-order valence-electron chi connectivity index (χ4n) is 7.46. The second kappa shape index (κ2) is 58.4. The average molecular weight is 954 g/mol. The first-order valence-electron chi connectivity index (χ1n) is 28.2. The number of aliphatic hydroxyl groups excluding tert-OH is 1. The van der Waals surface area contributed by atoms with E-state index in [1.165, 1.54) is 103 Å². The topological polar surface area (TPSA) is 72.8 Å². The molecule has 0 fully saturated rings. The summed E-state index contributed by atoms with van der Waals surface area (Å²) in [5.74, 6) is -0.611. The number of carbonyl (C=O) groups is 2. The fourth-order valence-corrected chi connectivity index (χ4v) is 7.46. The Kier molecular flexibility index (Phi) is 55.0. The number of hydrogen-bond acceptors (Lipinski definition) is 5. The highest BCUT2D eigenvalue weighted by molar-refractivity contribution is 5.70. The summed E-state index contributed by atoms with van der Waals surface area (Å²) in [5, 5.41) is 9.62. The predicted octanol–water partition coefficient (Wildman–Crippen LogP) is 19.2. The summed E-state index contributed by atoms with van der Waals surface area (Å²) in [5.41, 5.74) is 0. The Bertz CT molecular complexity index is 1450. The maximum atomic E-state index is 12.3. The smallest absolute Gasteiger partial charge is 0.306 e. The van der Waals surface area contributed by atoms with Crippen molar-refractivity contribution in [2.75, 3.05) is 13.2 Å². The molecule has 1 atom stereocenters. The van der Waals surface area contributed by atoms with E-state index in [0.717, 1.165) is 109 Å². The van der Waals surface area contributed by atoms with Crippen molar-refractivity contribution in [1.82, 2.24) is 0 Å². The fraction of sp³-hybridized carbons (Fsp3) is 0.625. The van der Waals surface area contributed by atoms with Gasteiger partial charge in [-0.25, -0.2) is 0 Å². The van der Waals surface area contributed by atoms with Crippen molar-refractivity contribution in [2.24, 2.45) is 0 Å². The van der Waals surface area contributed by atoms with Crippen LogP contribution in [0.3, 0.4) is 0 Å². The minimum absolute atomic E-state index is 0.0773. The van der Waals surface area contributed by atoms with E-state index in [2.05, 4.69) is 148 Å². The molecular weight excluding hydrogens is 849 g/mol. The Morgan fingerprint density at radius 2 is 0.623 bits per heavy atom. The number of hydrogen-bond donors (Lipinski definition) is 1. The molecule has 1 N–H and O–H groups in total. The van der Waals surface area contributed by atoms with Gasteiger partial charge in [0.1, 0.15) is 6.61 Å². The zero-order chi connectivity index (χ0) is 49.9. The van der Waals surface area contributed by atoms with Crippen molar-refractivity contribution in [3.05, 3.63) is 134 Å². The normalized spacial score (nSPS) is 13.3. The van der Waals surface area contributed by atoms with Crippen LogP contribution in [0.4, 0.5) is 0 Å². The predicted molar refractivity (Wildman–Crippen MR) is 301 cm³/mol. The second-order valence-electron chi connectivity index (χ2n) is 18.3. The minimum atomic E-state index is -0.785. The third kappa shape index (κ3) is 56.5. The molecule has 0 aromatic rings. The highest BCUT2D eigenvalue weighted by Gasteiger charge is 2.16. The summed E-state index contributed by atoms with van der Waals surface area (Å²) >= 11 is 0. The van der Waals surface area contributed by atoms with Crippen LogP contribution in [0.2, 0.25) is 0 Å².